The molecule has 1 amide bonds. The molecule has 132 valence electrons. The highest BCUT2D eigenvalue weighted by molar-refractivity contribution is 5.99. The van der Waals surface area contributed by atoms with E-state index in [-0.39, 0.29) is 5.91 Å². The summed E-state index contributed by atoms with van der Waals surface area (Å²) < 4.78 is 1.77. The average molecular weight is 346 g/mol. The molecule has 2 aromatic carbocycles. The standard InChI is InChI=1S/C21H22N4O/c26-21(23-24-14-8-3-9-15-24)19-16-25(18-12-6-2-7-13-18)22-20(19)17-10-4-1-5-11-17/h1-2,4-7,10-13,16H,3,8-9,14-15H2,(H,23,26). The molecule has 1 N–H and O–H groups in total. The number of benzene rings is 2. The fraction of sp³-hybridized carbons (Fsp3) is 0.238. The van der Waals surface area contributed by atoms with Crippen LogP contribution >= 0.6 is 0 Å². The normalized spacial score (nSPS) is 14.9. The van der Waals surface area contributed by atoms with Gasteiger partial charge in [0.25, 0.3) is 5.91 Å². The smallest absolute Gasteiger partial charge is 0.269 e. The summed E-state index contributed by atoms with van der Waals surface area (Å²) in [6.07, 6.45) is 5.29. The molecule has 0 unspecified atom stereocenters. The van der Waals surface area contributed by atoms with E-state index < -0.39 is 0 Å². The van der Waals surface area contributed by atoms with Gasteiger partial charge in [-0.25, -0.2) is 9.69 Å². The monoisotopic (exact) mass is 346 g/mol. The summed E-state index contributed by atoms with van der Waals surface area (Å²) in [4.78, 5) is 12.9. The van der Waals surface area contributed by atoms with Crippen LogP contribution in [-0.2, 0) is 0 Å². The zero-order valence-corrected chi connectivity index (χ0v) is 14.6. The Morgan fingerprint density at radius 1 is 0.885 bits per heavy atom. The van der Waals surface area contributed by atoms with Gasteiger partial charge < -0.3 is 0 Å². The van der Waals surface area contributed by atoms with Gasteiger partial charge in [0.1, 0.15) is 5.69 Å². The number of hydrogen-bond acceptors (Lipinski definition) is 3. The van der Waals surface area contributed by atoms with Gasteiger partial charge in [-0.3, -0.25) is 10.2 Å². The van der Waals surface area contributed by atoms with Crippen LogP contribution in [0.5, 0.6) is 0 Å². The van der Waals surface area contributed by atoms with Crippen LogP contribution in [0.2, 0.25) is 0 Å². The molecule has 4 rings (SSSR count). The van der Waals surface area contributed by atoms with E-state index in [0.29, 0.717) is 11.3 Å². The Kier molecular flexibility index (Phi) is 4.80. The number of rotatable bonds is 4. The van der Waals surface area contributed by atoms with Gasteiger partial charge >= 0.3 is 0 Å². The van der Waals surface area contributed by atoms with Gasteiger partial charge in [-0.15, -0.1) is 0 Å². The van der Waals surface area contributed by atoms with E-state index in [1.807, 2.05) is 71.9 Å². The quantitative estimate of drug-likeness (QED) is 0.784. The second-order valence-corrected chi connectivity index (χ2v) is 6.53. The van der Waals surface area contributed by atoms with Gasteiger partial charge in [0.2, 0.25) is 0 Å². The number of para-hydroxylation sites is 1. The lowest BCUT2D eigenvalue weighted by Gasteiger charge is -2.26. The third-order valence-corrected chi connectivity index (χ3v) is 4.64. The van der Waals surface area contributed by atoms with Gasteiger partial charge in [-0.05, 0) is 25.0 Å². The summed E-state index contributed by atoms with van der Waals surface area (Å²) in [5, 5.41) is 6.72. The minimum absolute atomic E-state index is 0.104. The number of nitrogens with zero attached hydrogens (tertiary/aromatic N) is 3. The number of carbonyl (C=O) groups is 1. The first-order valence-electron chi connectivity index (χ1n) is 9.08. The Morgan fingerprint density at radius 3 is 2.23 bits per heavy atom. The number of amides is 1. The van der Waals surface area contributed by atoms with Gasteiger partial charge in [0.15, 0.2) is 0 Å². The first kappa shape index (κ1) is 16.5. The van der Waals surface area contributed by atoms with Crippen LogP contribution in [0.4, 0.5) is 0 Å². The topological polar surface area (TPSA) is 50.2 Å². The number of carbonyl (C=O) groups excluding carboxylic acids is 1. The molecule has 0 spiro atoms. The van der Waals surface area contributed by atoms with Crippen LogP contribution < -0.4 is 5.43 Å². The van der Waals surface area contributed by atoms with Crippen molar-refractivity contribution in [3.05, 3.63) is 72.4 Å². The Morgan fingerprint density at radius 2 is 1.54 bits per heavy atom. The van der Waals surface area contributed by atoms with Gasteiger partial charge in [0, 0.05) is 24.8 Å². The third-order valence-electron chi connectivity index (χ3n) is 4.64. The summed E-state index contributed by atoms with van der Waals surface area (Å²) in [5.41, 5.74) is 6.21. The van der Waals surface area contributed by atoms with Crippen LogP contribution in [-0.4, -0.2) is 33.8 Å². The van der Waals surface area contributed by atoms with Crippen molar-refractivity contribution < 1.29 is 4.79 Å². The molecule has 0 atom stereocenters. The lowest BCUT2D eigenvalue weighted by Crippen LogP contribution is -2.45. The zero-order valence-electron chi connectivity index (χ0n) is 14.6. The number of piperidine rings is 1. The summed E-state index contributed by atoms with van der Waals surface area (Å²) >= 11 is 0. The largest absolute Gasteiger partial charge is 0.285 e. The molecule has 1 fully saturated rings. The van der Waals surface area contributed by atoms with Gasteiger partial charge in [-0.1, -0.05) is 55.0 Å². The van der Waals surface area contributed by atoms with Crippen LogP contribution in [0.25, 0.3) is 16.9 Å². The molecule has 3 aromatic rings. The van der Waals surface area contributed by atoms with E-state index in [4.69, 9.17) is 5.10 Å². The van der Waals surface area contributed by atoms with Crippen LogP contribution in [0.1, 0.15) is 29.6 Å². The molecule has 1 aliphatic heterocycles. The summed E-state index contributed by atoms with van der Waals surface area (Å²) in [5.74, 6) is -0.104. The summed E-state index contributed by atoms with van der Waals surface area (Å²) in [6, 6.07) is 19.7. The second kappa shape index (κ2) is 7.54. The van der Waals surface area contributed by atoms with Crippen LogP contribution in [0.15, 0.2) is 66.9 Å². The Balaban J connectivity index is 1.69. The van der Waals surface area contributed by atoms with Crippen molar-refractivity contribution in [2.24, 2.45) is 0 Å². The van der Waals surface area contributed by atoms with Gasteiger partial charge in [-0.2, -0.15) is 5.10 Å². The molecule has 0 aliphatic carbocycles. The lowest BCUT2D eigenvalue weighted by molar-refractivity contribution is 0.0750. The molecule has 0 radical (unpaired) electrons. The average Bonchev–Trinajstić information content (AvgIpc) is 3.16. The van der Waals surface area contributed by atoms with E-state index in [1.54, 1.807) is 4.68 Å². The van der Waals surface area contributed by atoms with Crippen molar-refractivity contribution in [3.8, 4) is 16.9 Å². The van der Waals surface area contributed by atoms with Crippen molar-refractivity contribution in [2.45, 2.75) is 19.3 Å². The Labute approximate surface area is 153 Å². The molecule has 0 saturated carbocycles. The third kappa shape index (κ3) is 3.53. The summed E-state index contributed by atoms with van der Waals surface area (Å²) in [6.45, 7) is 1.80. The van der Waals surface area contributed by atoms with Crippen LogP contribution in [0, 0.1) is 0 Å². The molecule has 5 nitrogen and oxygen atoms in total. The number of hydrazine groups is 1. The van der Waals surface area contributed by atoms with Crippen molar-refractivity contribution in [2.75, 3.05) is 13.1 Å². The van der Waals surface area contributed by atoms with E-state index in [9.17, 15) is 4.79 Å². The minimum Gasteiger partial charge on any atom is -0.285 e. The zero-order chi connectivity index (χ0) is 17.8. The van der Waals surface area contributed by atoms with E-state index >= 15 is 0 Å². The van der Waals surface area contributed by atoms with E-state index in [1.165, 1.54) is 6.42 Å². The number of nitrogens with one attached hydrogen (secondary N) is 1. The highest BCUT2D eigenvalue weighted by atomic mass is 16.2. The Bertz CT molecular complexity index is 868. The predicted octanol–water partition coefficient (Wildman–Crippen LogP) is 3.67. The van der Waals surface area contributed by atoms with Gasteiger partial charge in [0.05, 0.1) is 11.3 Å². The number of hydrogen-bond donors (Lipinski definition) is 1. The van der Waals surface area contributed by atoms with Crippen molar-refractivity contribution in [1.82, 2.24) is 20.2 Å². The molecule has 1 aliphatic rings. The fourth-order valence-electron chi connectivity index (χ4n) is 3.27. The molecule has 2 heterocycles. The first-order valence-corrected chi connectivity index (χ1v) is 9.08. The molecule has 0 bridgehead atoms. The molecular weight excluding hydrogens is 324 g/mol. The highest BCUT2D eigenvalue weighted by Gasteiger charge is 2.21. The van der Waals surface area contributed by atoms with Crippen LogP contribution in [0.3, 0.4) is 0 Å². The van der Waals surface area contributed by atoms with E-state index in [2.05, 4.69) is 5.43 Å². The molecule has 1 aromatic heterocycles. The van der Waals surface area contributed by atoms with E-state index in [0.717, 1.165) is 37.2 Å². The summed E-state index contributed by atoms with van der Waals surface area (Å²) in [7, 11) is 0. The molecule has 26 heavy (non-hydrogen) atoms. The molecule has 1 saturated heterocycles. The van der Waals surface area contributed by atoms with Crippen molar-refractivity contribution in [1.29, 1.82) is 0 Å². The lowest BCUT2D eigenvalue weighted by atomic mass is 10.1. The van der Waals surface area contributed by atoms with Crippen molar-refractivity contribution in [3.63, 3.8) is 0 Å². The molecular formula is C21H22N4O. The first-order chi connectivity index (χ1) is 12.8. The molecule has 5 heteroatoms. The van der Waals surface area contributed by atoms with Crippen molar-refractivity contribution >= 4 is 5.91 Å². The fourth-order valence-corrected chi connectivity index (χ4v) is 3.27. The maximum Gasteiger partial charge on any atom is 0.269 e. The predicted molar refractivity (Wildman–Crippen MR) is 102 cm³/mol. The maximum atomic E-state index is 12.9. The highest BCUT2D eigenvalue weighted by Crippen LogP contribution is 2.24. The number of aromatic nitrogens is 2. The maximum absolute atomic E-state index is 12.9. The Hall–Kier alpha value is -2.92. The SMILES string of the molecule is O=C(NN1CCCCC1)c1cn(-c2ccccc2)nc1-c1ccccc1. The second-order valence-electron chi connectivity index (χ2n) is 6.53. The minimum atomic E-state index is -0.104.